The number of carbonyl (C=O) groups is 1. The first kappa shape index (κ1) is 17.1. The number of carbonyl (C=O) groups excluding carboxylic acids is 1. The van der Waals surface area contributed by atoms with Gasteiger partial charge in [0.15, 0.2) is 0 Å². The molecular formula is C19H24IN3O2. The van der Waals surface area contributed by atoms with Gasteiger partial charge in [-0.25, -0.2) is 9.78 Å². The van der Waals surface area contributed by atoms with E-state index in [1.54, 1.807) is 0 Å². The number of hydrogen-bond acceptors (Lipinski definition) is 3. The van der Waals surface area contributed by atoms with E-state index < -0.39 is 5.60 Å². The maximum atomic E-state index is 12.8. The number of aromatic amines is 1. The van der Waals surface area contributed by atoms with Crippen molar-refractivity contribution in [3.63, 3.8) is 0 Å². The molecule has 0 bridgehead atoms. The van der Waals surface area contributed by atoms with Crippen LogP contribution in [0.4, 0.5) is 4.79 Å². The zero-order chi connectivity index (χ0) is 17.8. The standard InChI is InChI=1S/C19H24IN3O2/c1-19(2,3)25-18(24)23-10-12(11-4-5-11)8-16(23)17-21-14-7-6-13(20)9-15(14)22-17/h6-7,9,11-12,16H,4-5,8,10H2,1-3H3,(H,21,22)/t12-,16+/m1/s1. The predicted octanol–water partition coefficient (Wildman–Crippen LogP) is 4.88. The summed E-state index contributed by atoms with van der Waals surface area (Å²) in [4.78, 5) is 22.9. The Kier molecular flexibility index (Phi) is 4.21. The van der Waals surface area contributed by atoms with Crippen LogP contribution in [0, 0.1) is 15.4 Å². The Morgan fingerprint density at radius 1 is 1.32 bits per heavy atom. The number of hydrogen-bond donors (Lipinski definition) is 1. The highest BCUT2D eigenvalue weighted by atomic mass is 127. The Morgan fingerprint density at radius 2 is 2.08 bits per heavy atom. The van der Waals surface area contributed by atoms with Crippen LogP contribution in [-0.4, -0.2) is 33.1 Å². The first-order chi connectivity index (χ1) is 11.8. The quantitative estimate of drug-likeness (QED) is 0.660. The van der Waals surface area contributed by atoms with Gasteiger partial charge in [-0.2, -0.15) is 0 Å². The Labute approximate surface area is 161 Å². The van der Waals surface area contributed by atoms with Gasteiger partial charge in [-0.3, -0.25) is 4.90 Å². The first-order valence-electron chi connectivity index (χ1n) is 8.95. The molecule has 6 heteroatoms. The molecular weight excluding hydrogens is 429 g/mol. The summed E-state index contributed by atoms with van der Waals surface area (Å²) >= 11 is 2.30. The van der Waals surface area contributed by atoms with Crippen LogP contribution in [0.25, 0.3) is 11.0 Å². The molecule has 1 aromatic heterocycles. The summed E-state index contributed by atoms with van der Waals surface area (Å²) in [7, 11) is 0. The molecule has 1 aromatic carbocycles. The maximum Gasteiger partial charge on any atom is 0.410 e. The minimum absolute atomic E-state index is 0.0227. The van der Waals surface area contributed by atoms with Crippen molar-refractivity contribution < 1.29 is 9.53 Å². The van der Waals surface area contributed by atoms with Gasteiger partial charge in [0.2, 0.25) is 0 Å². The molecule has 5 nitrogen and oxygen atoms in total. The van der Waals surface area contributed by atoms with Gasteiger partial charge in [0.1, 0.15) is 11.4 Å². The first-order valence-corrected chi connectivity index (χ1v) is 10.0. The third kappa shape index (κ3) is 3.64. The van der Waals surface area contributed by atoms with E-state index in [0.29, 0.717) is 5.92 Å². The van der Waals surface area contributed by atoms with Gasteiger partial charge in [0.05, 0.1) is 17.1 Å². The van der Waals surface area contributed by atoms with Crippen molar-refractivity contribution in [2.45, 2.75) is 51.7 Å². The molecule has 1 N–H and O–H groups in total. The minimum Gasteiger partial charge on any atom is -0.444 e. The fourth-order valence-electron chi connectivity index (χ4n) is 3.72. The van der Waals surface area contributed by atoms with Crippen LogP contribution in [0.1, 0.15) is 51.9 Å². The molecule has 0 spiro atoms. The van der Waals surface area contributed by atoms with Crippen LogP contribution < -0.4 is 0 Å². The molecule has 1 aliphatic carbocycles. The lowest BCUT2D eigenvalue weighted by molar-refractivity contribution is 0.0213. The topological polar surface area (TPSA) is 58.2 Å². The molecule has 134 valence electrons. The average Bonchev–Trinajstić information content (AvgIpc) is 3.12. The molecule has 0 radical (unpaired) electrons. The van der Waals surface area contributed by atoms with E-state index in [1.807, 2.05) is 31.7 Å². The second kappa shape index (κ2) is 6.14. The van der Waals surface area contributed by atoms with Crippen molar-refractivity contribution in [1.29, 1.82) is 0 Å². The van der Waals surface area contributed by atoms with Crippen molar-refractivity contribution in [1.82, 2.24) is 14.9 Å². The summed E-state index contributed by atoms with van der Waals surface area (Å²) in [5, 5.41) is 0. The fourth-order valence-corrected chi connectivity index (χ4v) is 4.21. The molecule has 0 unspecified atom stereocenters. The van der Waals surface area contributed by atoms with Crippen LogP contribution in [0.3, 0.4) is 0 Å². The summed E-state index contributed by atoms with van der Waals surface area (Å²) in [6.07, 6.45) is 3.33. The number of nitrogens with one attached hydrogen (secondary N) is 1. The Bertz CT molecular complexity index is 807. The number of fused-ring (bicyclic) bond motifs is 1. The summed E-state index contributed by atoms with van der Waals surface area (Å²) < 4.78 is 6.83. The summed E-state index contributed by atoms with van der Waals surface area (Å²) in [6, 6.07) is 6.16. The Morgan fingerprint density at radius 3 is 2.76 bits per heavy atom. The highest BCUT2D eigenvalue weighted by Crippen LogP contribution is 2.47. The van der Waals surface area contributed by atoms with E-state index in [0.717, 1.165) is 35.7 Å². The van der Waals surface area contributed by atoms with E-state index in [9.17, 15) is 4.79 Å². The monoisotopic (exact) mass is 453 g/mol. The Balaban J connectivity index is 1.64. The molecule has 2 aliphatic rings. The number of halogens is 1. The lowest BCUT2D eigenvalue weighted by Crippen LogP contribution is -2.37. The number of aromatic nitrogens is 2. The van der Waals surface area contributed by atoms with Gasteiger partial charge in [-0.15, -0.1) is 0 Å². The van der Waals surface area contributed by atoms with E-state index in [1.165, 1.54) is 16.4 Å². The van der Waals surface area contributed by atoms with Crippen LogP contribution in [-0.2, 0) is 4.74 Å². The normalized spacial score (nSPS) is 24.1. The number of rotatable bonds is 2. The molecule has 1 saturated heterocycles. The van der Waals surface area contributed by atoms with Gasteiger partial charge in [-0.1, -0.05) is 0 Å². The fraction of sp³-hybridized carbons (Fsp3) is 0.579. The average molecular weight is 453 g/mol. The number of amides is 1. The second-order valence-electron chi connectivity index (χ2n) is 8.27. The molecule has 1 amide bonds. The zero-order valence-electron chi connectivity index (χ0n) is 14.9. The number of imidazole rings is 1. The van der Waals surface area contributed by atoms with E-state index in [4.69, 9.17) is 9.72 Å². The smallest absolute Gasteiger partial charge is 0.410 e. The van der Waals surface area contributed by atoms with Gasteiger partial charge in [-0.05, 0) is 92.7 Å². The lowest BCUT2D eigenvalue weighted by atomic mass is 10.0. The maximum absolute atomic E-state index is 12.8. The predicted molar refractivity (Wildman–Crippen MR) is 105 cm³/mol. The lowest BCUT2D eigenvalue weighted by Gasteiger charge is -2.27. The van der Waals surface area contributed by atoms with Crippen molar-refractivity contribution in [2.24, 2.45) is 11.8 Å². The number of ether oxygens (including phenoxy) is 1. The van der Waals surface area contributed by atoms with Crippen LogP contribution in [0.5, 0.6) is 0 Å². The van der Waals surface area contributed by atoms with Crippen LogP contribution in [0.15, 0.2) is 18.2 Å². The van der Waals surface area contributed by atoms with Crippen molar-refractivity contribution >= 4 is 39.7 Å². The molecule has 4 rings (SSSR count). The van der Waals surface area contributed by atoms with Gasteiger partial charge >= 0.3 is 6.09 Å². The molecule has 2 aromatic rings. The highest BCUT2D eigenvalue weighted by Gasteiger charge is 2.45. The summed E-state index contributed by atoms with van der Waals surface area (Å²) in [5.41, 5.74) is 1.50. The third-order valence-electron chi connectivity index (χ3n) is 5.03. The van der Waals surface area contributed by atoms with Gasteiger partial charge in [0, 0.05) is 10.1 Å². The molecule has 1 aliphatic heterocycles. The molecule has 2 atom stereocenters. The SMILES string of the molecule is CC(C)(C)OC(=O)N1C[C@H](C2CC2)C[C@H]1c1nc2ccc(I)cc2[nH]1. The van der Waals surface area contributed by atoms with Crippen molar-refractivity contribution in [3.8, 4) is 0 Å². The minimum atomic E-state index is -0.483. The molecule has 1 saturated carbocycles. The van der Waals surface area contributed by atoms with Gasteiger partial charge < -0.3 is 9.72 Å². The molecule has 2 fully saturated rings. The highest BCUT2D eigenvalue weighted by molar-refractivity contribution is 14.1. The summed E-state index contributed by atoms with van der Waals surface area (Å²) in [5.74, 6) is 2.21. The van der Waals surface area contributed by atoms with E-state index in [-0.39, 0.29) is 12.1 Å². The second-order valence-corrected chi connectivity index (χ2v) is 9.51. The van der Waals surface area contributed by atoms with E-state index >= 15 is 0 Å². The van der Waals surface area contributed by atoms with Crippen LogP contribution in [0.2, 0.25) is 0 Å². The van der Waals surface area contributed by atoms with Gasteiger partial charge in [0.25, 0.3) is 0 Å². The van der Waals surface area contributed by atoms with Crippen molar-refractivity contribution in [3.05, 3.63) is 27.6 Å². The molecule has 2 heterocycles. The molecule has 25 heavy (non-hydrogen) atoms. The number of benzene rings is 1. The van der Waals surface area contributed by atoms with E-state index in [2.05, 4.69) is 39.7 Å². The van der Waals surface area contributed by atoms with Crippen LogP contribution >= 0.6 is 22.6 Å². The largest absolute Gasteiger partial charge is 0.444 e. The number of nitrogens with zero attached hydrogens (tertiary/aromatic N) is 2. The Hall–Kier alpha value is -1.31. The van der Waals surface area contributed by atoms with Crippen molar-refractivity contribution in [2.75, 3.05) is 6.54 Å². The third-order valence-corrected chi connectivity index (χ3v) is 5.70. The number of H-pyrrole nitrogens is 1. The zero-order valence-corrected chi connectivity index (χ0v) is 17.0. The summed E-state index contributed by atoms with van der Waals surface area (Å²) in [6.45, 7) is 6.52. The number of likely N-dealkylation sites (tertiary alicyclic amines) is 1.